The van der Waals surface area contributed by atoms with Gasteiger partial charge in [-0.05, 0) is 84.1 Å². The molecule has 1 aliphatic carbocycles. The third kappa shape index (κ3) is 6.22. The van der Waals surface area contributed by atoms with Crippen molar-refractivity contribution in [3.63, 3.8) is 0 Å². The molecule has 0 aliphatic heterocycles. The summed E-state index contributed by atoms with van der Waals surface area (Å²) < 4.78 is 0. The Balaban J connectivity index is 1.18. The lowest BCUT2D eigenvalue weighted by Crippen LogP contribution is -2.14. The largest absolute Gasteiger partial charge is 0.282 e. The molecule has 9 rings (SSSR count). The molecule has 0 spiro atoms. The monoisotopic (exact) mass is 704 g/mol. The Bertz CT molecular complexity index is 2770. The van der Waals surface area contributed by atoms with E-state index in [9.17, 15) is 0 Å². The molecule has 2 heteroatoms. The topological polar surface area (TPSA) is 36.2 Å². The molecule has 0 saturated carbocycles. The van der Waals surface area contributed by atoms with Crippen LogP contribution in [0.4, 0.5) is 0 Å². The van der Waals surface area contributed by atoms with Gasteiger partial charge in [0.1, 0.15) is 0 Å². The van der Waals surface area contributed by atoms with E-state index in [-0.39, 0.29) is 11.3 Å². The Morgan fingerprint density at radius 3 is 1.80 bits per heavy atom. The predicted molar refractivity (Wildman–Crippen MR) is 233 cm³/mol. The van der Waals surface area contributed by atoms with E-state index in [4.69, 9.17) is 10.4 Å². The Hall–Kier alpha value is -6.90. The molecule has 0 amide bonds. The quantitative estimate of drug-likeness (QED) is 0.127. The zero-order chi connectivity index (χ0) is 37.4. The molecule has 55 heavy (non-hydrogen) atoms. The van der Waals surface area contributed by atoms with Crippen molar-refractivity contribution in [3.8, 4) is 44.5 Å². The second-order valence-corrected chi connectivity index (χ2v) is 14.7. The number of amidine groups is 1. The summed E-state index contributed by atoms with van der Waals surface area (Å²) >= 11 is 0. The van der Waals surface area contributed by atoms with E-state index >= 15 is 0 Å². The summed E-state index contributed by atoms with van der Waals surface area (Å²) in [6, 6.07) is 66.1. The fourth-order valence-electron chi connectivity index (χ4n) is 8.26. The first-order valence-electron chi connectivity index (χ1n) is 18.9. The number of hydrogen-bond donors (Lipinski definition) is 1. The normalized spacial score (nSPS) is 13.2. The van der Waals surface area contributed by atoms with Crippen molar-refractivity contribution in [1.29, 1.82) is 5.41 Å². The molecule has 0 bridgehead atoms. The molecule has 0 unspecified atom stereocenters. The lowest BCUT2D eigenvalue weighted by atomic mass is 9.81. The second-order valence-electron chi connectivity index (χ2n) is 14.7. The van der Waals surface area contributed by atoms with Gasteiger partial charge in [0.25, 0.3) is 0 Å². The van der Waals surface area contributed by atoms with Gasteiger partial charge < -0.3 is 0 Å². The van der Waals surface area contributed by atoms with Gasteiger partial charge in [0.05, 0.1) is 5.71 Å². The van der Waals surface area contributed by atoms with E-state index in [0.29, 0.717) is 0 Å². The first kappa shape index (κ1) is 33.9. The van der Waals surface area contributed by atoms with E-state index in [0.717, 1.165) is 44.7 Å². The highest BCUT2D eigenvalue weighted by atomic mass is 14.8. The van der Waals surface area contributed by atoms with Crippen molar-refractivity contribution in [2.24, 2.45) is 4.99 Å². The third-order valence-corrected chi connectivity index (χ3v) is 11.0. The van der Waals surface area contributed by atoms with Crippen LogP contribution in [0.15, 0.2) is 199 Å². The van der Waals surface area contributed by atoms with Crippen molar-refractivity contribution in [2.45, 2.75) is 19.3 Å². The van der Waals surface area contributed by atoms with E-state index in [1.165, 1.54) is 44.2 Å². The Labute approximate surface area is 323 Å². The number of benzene rings is 8. The van der Waals surface area contributed by atoms with Gasteiger partial charge in [0.2, 0.25) is 0 Å². The van der Waals surface area contributed by atoms with E-state index in [1.54, 1.807) is 0 Å². The van der Waals surface area contributed by atoms with Crippen molar-refractivity contribution in [1.82, 2.24) is 0 Å². The van der Waals surface area contributed by atoms with Crippen LogP contribution in [-0.4, -0.2) is 11.5 Å². The highest BCUT2D eigenvalue weighted by Gasteiger charge is 2.36. The zero-order valence-corrected chi connectivity index (χ0v) is 31.0. The summed E-state index contributed by atoms with van der Waals surface area (Å²) in [5, 5.41) is 11.4. The van der Waals surface area contributed by atoms with Crippen molar-refractivity contribution < 1.29 is 0 Å². The van der Waals surface area contributed by atoms with Crippen molar-refractivity contribution >= 4 is 28.4 Å². The van der Waals surface area contributed by atoms with Gasteiger partial charge in [0, 0.05) is 16.5 Å². The van der Waals surface area contributed by atoms with Crippen LogP contribution >= 0.6 is 0 Å². The van der Waals surface area contributed by atoms with Gasteiger partial charge in [-0.15, -0.1) is 0 Å². The van der Waals surface area contributed by atoms with Crippen molar-refractivity contribution in [3.05, 3.63) is 222 Å². The molecule has 8 aromatic carbocycles. The van der Waals surface area contributed by atoms with Gasteiger partial charge >= 0.3 is 0 Å². The zero-order valence-electron chi connectivity index (χ0n) is 31.0. The van der Waals surface area contributed by atoms with Crippen LogP contribution < -0.4 is 0 Å². The smallest absolute Gasteiger partial charge is 0.152 e. The number of hydrogen-bond acceptors (Lipinski definition) is 1. The number of nitrogens with zero attached hydrogens (tertiary/aromatic N) is 1. The molecule has 0 aromatic heterocycles. The predicted octanol–water partition coefficient (Wildman–Crippen LogP) is 13.7. The molecule has 262 valence electrons. The van der Waals surface area contributed by atoms with Crippen LogP contribution in [0.2, 0.25) is 0 Å². The van der Waals surface area contributed by atoms with E-state index < -0.39 is 0 Å². The Kier molecular flexibility index (Phi) is 8.72. The fraction of sp³-hybridized carbons (Fsp3) is 0.0566. The molecule has 1 N–H and O–H groups in total. The molecule has 8 aromatic rings. The van der Waals surface area contributed by atoms with Crippen LogP contribution in [0.3, 0.4) is 0 Å². The molecule has 0 heterocycles. The van der Waals surface area contributed by atoms with Crippen molar-refractivity contribution in [2.75, 3.05) is 0 Å². The summed E-state index contributed by atoms with van der Waals surface area (Å²) in [6.45, 7) is 4.67. The Morgan fingerprint density at radius 1 is 0.473 bits per heavy atom. The maximum Gasteiger partial charge on any atom is 0.152 e. The minimum atomic E-state index is -0.0662. The number of aliphatic imine (C=N–C) groups is 1. The van der Waals surface area contributed by atoms with Gasteiger partial charge in [0.15, 0.2) is 5.84 Å². The first-order valence-corrected chi connectivity index (χ1v) is 18.9. The average Bonchev–Trinajstić information content (AvgIpc) is 3.49. The Morgan fingerprint density at radius 2 is 1.05 bits per heavy atom. The summed E-state index contributed by atoms with van der Waals surface area (Å²) in [5.41, 5.74) is 15.9. The maximum absolute atomic E-state index is 9.06. The highest BCUT2D eigenvalue weighted by Crippen LogP contribution is 2.52. The van der Waals surface area contributed by atoms with E-state index in [1.807, 2.05) is 42.5 Å². The molecular weight excluding hydrogens is 665 g/mol. The van der Waals surface area contributed by atoms with Crippen LogP contribution in [0, 0.1) is 5.41 Å². The maximum atomic E-state index is 9.06. The molecule has 0 atom stereocenters. The number of nitrogens with one attached hydrogen (secondary N) is 1. The molecule has 0 saturated heterocycles. The van der Waals surface area contributed by atoms with Gasteiger partial charge in [-0.2, -0.15) is 0 Å². The molecule has 2 nitrogen and oxygen atoms in total. The molecule has 1 aliphatic rings. The number of rotatable bonds is 7. The van der Waals surface area contributed by atoms with Gasteiger partial charge in [-0.25, -0.2) is 4.99 Å². The van der Waals surface area contributed by atoms with Crippen LogP contribution in [0.1, 0.15) is 41.7 Å². The minimum absolute atomic E-state index is 0.0662. The average molecular weight is 705 g/mol. The van der Waals surface area contributed by atoms with Crippen LogP contribution in [-0.2, 0) is 5.41 Å². The summed E-state index contributed by atoms with van der Waals surface area (Å²) in [5.74, 6) is 0.218. The molecule has 0 fully saturated rings. The number of allylic oxidation sites excluding steroid dienone is 1. The minimum Gasteiger partial charge on any atom is -0.282 e. The molecular formula is C53H40N2. The van der Waals surface area contributed by atoms with Crippen LogP contribution in [0.5, 0.6) is 0 Å². The number of fused-ring (bicyclic) bond motifs is 4. The second kappa shape index (κ2) is 14.2. The molecule has 0 radical (unpaired) electrons. The lowest BCUT2D eigenvalue weighted by Gasteiger charge is -2.21. The fourth-order valence-corrected chi connectivity index (χ4v) is 8.26. The van der Waals surface area contributed by atoms with Gasteiger partial charge in [-0.3, -0.25) is 5.41 Å². The lowest BCUT2D eigenvalue weighted by molar-refractivity contribution is 0.660. The van der Waals surface area contributed by atoms with E-state index in [2.05, 4.69) is 172 Å². The van der Waals surface area contributed by atoms with Crippen LogP contribution in [0.25, 0.3) is 61.4 Å². The highest BCUT2D eigenvalue weighted by molar-refractivity contribution is 6.19. The first-order chi connectivity index (χ1) is 27.0. The summed E-state index contributed by atoms with van der Waals surface area (Å²) in [6.07, 6.45) is 4.23. The van der Waals surface area contributed by atoms with Gasteiger partial charge in [-0.1, -0.05) is 202 Å². The summed E-state index contributed by atoms with van der Waals surface area (Å²) in [4.78, 5) is 5.00. The SMILES string of the molecule is CC1(C)c2ccccc2-c2c(-c3ccc(/C=C/C(=NC(=N)c4ccccc4)c4ccc(-c5ccccc5)c(-c5ccccc5)c4)c4ccccc34)cccc21. The standard InChI is InChI=1S/C53H40N2/c1-53(2)48-27-15-14-25-46(48)51-45(26-16-28-49(51)53)44-33-29-38(41-23-12-13-24-43(41)44)31-34-50(55-52(54)39-21-10-5-11-22-39)40-30-32-42(36-17-6-3-7-18-36)47(35-40)37-19-8-4-9-20-37/h3-35,54H,1-2H3/b34-31+,54-52?,55-50?. The third-order valence-electron chi connectivity index (χ3n) is 11.0. The summed E-state index contributed by atoms with van der Waals surface area (Å²) in [7, 11) is 0.